The summed E-state index contributed by atoms with van der Waals surface area (Å²) in [6.45, 7) is 0.433. The molecular formula is C24H22FN3O5S2. The van der Waals surface area contributed by atoms with Gasteiger partial charge in [-0.25, -0.2) is 21.2 Å². The molecule has 1 saturated heterocycles. The van der Waals surface area contributed by atoms with Gasteiger partial charge in [-0.15, -0.1) is 0 Å². The highest BCUT2D eigenvalue weighted by Gasteiger charge is 2.36. The van der Waals surface area contributed by atoms with E-state index in [-0.39, 0.29) is 15.5 Å². The van der Waals surface area contributed by atoms with Crippen molar-refractivity contribution in [3.05, 3.63) is 72.5 Å². The Morgan fingerprint density at radius 1 is 0.943 bits per heavy atom. The Balaban J connectivity index is 1.38. The summed E-state index contributed by atoms with van der Waals surface area (Å²) in [5.41, 5.74) is 1.27. The molecule has 2 aliphatic rings. The van der Waals surface area contributed by atoms with Crippen molar-refractivity contribution in [2.75, 3.05) is 29.3 Å². The molecule has 0 radical (unpaired) electrons. The lowest BCUT2D eigenvalue weighted by Gasteiger charge is -2.31. The monoisotopic (exact) mass is 515 g/mol. The van der Waals surface area contributed by atoms with E-state index in [4.69, 9.17) is 0 Å². The number of hydrogen-bond donors (Lipinski definition) is 1. The maximum absolute atomic E-state index is 14.0. The Morgan fingerprint density at radius 3 is 2.34 bits per heavy atom. The molecule has 0 spiro atoms. The van der Waals surface area contributed by atoms with Crippen molar-refractivity contribution >= 4 is 37.3 Å². The summed E-state index contributed by atoms with van der Waals surface area (Å²) >= 11 is 0. The fourth-order valence-corrected chi connectivity index (χ4v) is 7.56. The summed E-state index contributed by atoms with van der Waals surface area (Å²) in [7, 11) is -7.65. The minimum absolute atomic E-state index is 0.0117. The quantitative estimate of drug-likeness (QED) is 0.561. The van der Waals surface area contributed by atoms with Crippen molar-refractivity contribution in [1.29, 1.82) is 0 Å². The van der Waals surface area contributed by atoms with Crippen LogP contribution < -0.4 is 9.62 Å². The molecule has 3 aromatic rings. The van der Waals surface area contributed by atoms with Crippen molar-refractivity contribution in [2.24, 2.45) is 0 Å². The van der Waals surface area contributed by atoms with Crippen LogP contribution in [0, 0.1) is 5.82 Å². The smallest absolute Gasteiger partial charge is 0.265 e. The highest BCUT2D eigenvalue weighted by Crippen LogP contribution is 2.43. The molecule has 0 bridgehead atoms. The Morgan fingerprint density at radius 2 is 1.63 bits per heavy atom. The van der Waals surface area contributed by atoms with Crippen molar-refractivity contribution < 1.29 is 26.0 Å². The molecule has 1 N–H and O–H groups in total. The number of nitrogens with one attached hydrogen (secondary N) is 1. The SMILES string of the molecule is O=C(CN1c2ccc(F)cc2-c2ccccc2S1(=O)=O)Nc1ccc(S(=O)(=O)N2CCCC2)cc1. The van der Waals surface area contributed by atoms with E-state index in [9.17, 15) is 26.0 Å². The average molecular weight is 516 g/mol. The first-order valence-electron chi connectivity index (χ1n) is 11.0. The molecule has 5 rings (SSSR count). The predicted octanol–water partition coefficient (Wildman–Crippen LogP) is 3.42. The molecule has 0 atom stereocenters. The molecular weight excluding hydrogens is 493 g/mol. The average Bonchev–Trinajstić information content (AvgIpc) is 3.39. The number of rotatable bonds is 5. The summed E-state index contributed by atoms with van der Waals surface area (Å²) in [6.07, 6.45) is 1.65. The number of hydrogen-bond acceptors (Lipinski definition) is 5. The van der Waals surface area contributed by atoms with Gasteiger partial charge in [0.1, 0.15) is 12.4 Å². The lowest BCUT2D eigenvalue weighted by molar-refractivity contribution is -0.114. The molecule has 2 heterocycles. The predicted molar refractivity (Wildman–Crippen MR) is 129 cm³/mol. The minimum atomic E-state index is -4.07. The molecule has 11 heteroatoms. The number of carbonyl (C=O) groups is 1. The third-order valence-electron chi connectivity index (χ3n) is 6.10. The lowest BCUT2D eigenvalue weighted by atomic mass is 10.0. The van der Waals surface area contributed by atoms with Crippen LogP contribution in [0.4, 0.5) is 15.8 Å². The van der Waals surface area contributed by atoms with Gasteiger partial charge in [-0.2, -0.15) is 4.31 Å². The number of carbonyl (C=O) groups excluding carboxylic acids is 1. The zero-order valence-corrected chi connectivity index (χ0v) is 20.1. The first kappa shape index (κ1) is 23.5. The maximum Gasteiger partial charge on any atom is 0.265 e. The highest BCUT2D eigenvalue weighted by atomic mass is 32.2. The number of anilines is 2. The minimum Gasteiger partial charge on any atom is -0.325 e. The number of halogens is 1. The molecule has 0 unspecified atom stereocenters. The molecule has 2 aliphatic heterocycles. The summed E-state index contributed by atoms with van der Waals surface area (Å²) in [5.74, 6) is -1.15. The van der Waals surface area contributed by atoms with E-state index in [1.54, 1.807) is 18.2 Å². The van der Waals surface area contributed by atoms with E-state index in [1.807, 2.05) is 0 Å². The molecule has 182 valence electrons. The molecule has 0 saturated carbocycles. The summed E-state index contributed by atoms with van der Waals surface area (Å²) in [5, 5.41) is 2.61. The standard InChI is InChI=1S/C24H22FN3O5S2/c25-17-7-12-22-21(15-17)20-5-1-2-6-23(20)35(32,33)28(22)16-24(29)26-18-8-10-19(11-9-18)34(30,31)27-13-3-4-14-27/h1-2,5-12,15H,3-4,13-14,16H2,(H,26,29). The molecule has 3 aromatic carbocycles. The second-order valence-corrected chi connectivity index (χ2v) is 12.1. The first-order valence-corrected chi connectivity index (χ1v) is 13.9. The van der Waals surface area contributed by atoms with Crippen molar-refractivity contribution in [3.63, 3.8) is 0 Å². The largest absolute Gasteiger partial charge is 0.325 e. The van der Waals surface area contributed by atoms with Crippen LogP contribution in [0.1, 0.15) is 12.8 Å². The second kappa shape index (κ2) is 8.74. The van der Waals surface area contributed by atoms with E-state index < -0.39 is 38.3 Å². The van der Waals surface area contributed by atoms with Crippen LogP contribution in [0.2, 0.25) is 0 Å². The molecule has 1 fully saturated rings. The zero-order chi connectivity index (χ0) is 24.8. The van der Waals surface area contributed by atoms with Crippen LogP contribution in [-0.4, -0.2) is 46.7 Å². The van der Waals surface area contributed by atoms with E-state index in [0.717, 1.165) is 23.2 Å². The molecule has 0 aliphatic carbocycles. The van der Waals surface area contributed by atoms with E-state index >= 15 is 0 Å². The number of fused-ring (bicyclic) bond motifs is 3. The van der Waals surface area contributed by atoms with Gasteiger partial charge in [-0.1, -0.05) is 18.2 Å². The van der Waals surface area contributed by atoms with Gasteiger partial charge in [0, 0.05) is 29.9 Å². The van der Waals surface area contributed by atoms with E-state index in [1.165, 1.54) is 46.8 Å². The van der Waals surface area contributed by atoms with Gasteiger partial charge in [-0.05, 0) is 61.4 Å². The van der Waals surface area contributed by atoms with Gasteiger partial charge in [-0.3, -0.25) is 9.10 Å². The Kier molecular flexibility index (Phi) is 5.86. The van der Waals surface area contributed by atoms with Crippen LogP contribution >= 0.6 is 0 Å². The molecule has 0 aromatic heterocycles. The number of benzene rings is 3. The summed E-state index contributed by atoms with van der Waals surface area (Å²) in [6, 6.07) is 15.7. The van der Waals surface area contributed by atoms with Gasteiger partial charge in [0.25, 0.3) is 10.0 Å². The van der Waals surface area contributed by atoms with Gasteiger partial charge in [0.2, 0.25) is 15.9 Å². The fourth-order valence-electron chi connectivity index (χ4n) is 4.39. The van der Waals surface area contributed by atoms with Crippen molar-refractivity contribution in [3.8, 4) is 11.1 Å². The van der Waals surface area contributed by atoms with Crippen LogP contribution in [0.3, 0.4) is 0 Å². The third-order valence-corrected chi connectivity index (χ3v) is 9.83. The Bertz CT molecular complexity index is 1520. The van der Waals surface area contributed by atoms with Gasteiger partial charge >= 0.3 is 0 Å². The normalized spacial score (nSPS) is 17.0. The number of amides is 1. The summed E-state index contributed by atoms with van der Waals surface area (Å²) in [4.78, 5) is 12.9. The second-order valence-electron chi connectivity index (χ2n) is 8.35. The van der Waals surface area contributed by atoms with E-state index in [0.29, 0.717) is 29.9 Å². The molecule has 8 nitrogen and oxygen atoms in total. The number of nitrogens with zero attached hydrogens (tertiary/aromatic N) is 2. The first-order chi connectivity index (χ1) is 16.7. The van der Waals surface area contributed by atoms with Gasteiger partial charge < -0.3 is 5.32 Å². The third kappa shape index (κ3) is 4.19. The van der Waals surface area contributed by atoms with Crippen LogP contribution in [0.25, 0.3) is 11.1 Å². The molecule has 1 amide bonds. The van der Waals surface area contributed by atoms with Gasteiger partial charge in [0.05, 0.1) is 15.5 Å². The topological polar surface area (TPSA) is 104 Å². The van der Waals surface area contributed by atoms with E-state index in [2.05, 4.69) is 5.32 Å². The maximum atomic E-state index is 14.0. The van der Waals surface area contributed by atoms with Crippen molar-refractivity contribution in [1.82, 2.24) is 4.31 Å². The van der Waals surface area contributed by atoms with Crippen LogP contribution in [-0.2, 0) is 24.8 Å². The Labute approximate surface area is 203 Å². The number of sulfonamides is 2. The van der Waals surface area contributed by atoms with Crippen LogP contribution in [0.5, 0.6) is 0 Å². The Hall–Kier alpha value is -3.28. The summed E-state index contributed by atoms with van der Waals surface area (Å²) < 4.78 is 68.3. The lowest BCUT2D eigenvalue weighted by Crippen LogP contribution is -2.40. The highest BCUT2D eigenvalue weighted by molar-refractivity contribution is 7.93. The van der Waals surface area contributed by atoms with Crippen LogP contribution in [0.15, 0.2) is 76.5 Å². The van der Waals surface area contributed by atoms with Crippen molar-refractivity contribution in [2.45, 2.75) is 22.6 Å². The molecule has 35 heavy (non-hydrogen) atoms. The fraction of sp³-hybridized carbons (Fsp3) is 0.208. The zero-order valence-electron chi connectivity index (χ0n) is 18.5. The van der Waals surface area contributed by atoms with Gasteiger partial charge in [0.15, 0.2) is 0 Å².